The Morgan fingerprint density at radius 3 is 2.67 bits per heavy atom. The predicted octanol–water partition coefficient (Wildman–Crippen LogP) is 1.32. The van der Waals surface area contributed by atoms with Gasteiger partial charge in [-0.2, -0.15) is 5.10 Å². The van der Waals surface area contributed by atoms with Crippen LogP contribution in [0.25, 0.3) is 5.82 Å². The van der Waals surface area contributed by atoms with Crippen molar-refractivity contribution in [1.82, 2.24) is 19.7 Å². The Labute approximate surface area is 88.2 Å². The van der Waals surface area contributed by atoms with Gasteiger partial charge in [0.05, 0.1) is 6.20 Å². The highest BCUT2D eigenvalue weighted by atomic mass is 15.3. The van der Waals surface area contributed by atoms with E-state index in [4.69, 9.17) is 0 Å². The molecule has 0 aromatic carbocycles. The number of anilines is 1. The molecule has 0 saturated heterocycles. The molecule has 0 aliphatic rings. The highest BCUT2D eigenvalue weighted by Crippen LogP contribution is 2.10. The normalized spacial score (nSPS) is 10.3. The third-order valence-corrected chi connectivity index (χ3v) is 2.03. The zero-order valence-corrected chi connectivity index (χ0v) is 9.02. The fourth-order valence-electron chi connectivity index (χ4n) is 1.34. The van der Waals surface area contributed by atoms with Crippen molar-refractivity contribution in [2.45, 2.75) is 13.8 Å². The molecule has 0 atom stereocenters. The quantitative estimate of drug-likeness (QED) is 0.799. The van der Waals surface area contributed by atoms with E-state index in [1.165, 1.54) is 0 Å². The van der Waals surface area contributed by atoms with Crippen LogP contribution in [0.3, 0.4) is 0 Å². The summed E-state index contributed by atoms with van der Waals surface area (Å²) in [5, 5.41) is 7.19. The summed E-state index contributed by atoms with van der Waals surface area (Å²) in [6.07, 6.45) is 3.73. The maximum Gasteiger partial charge on any atom is 0.159 e. The monoisotopic (exact) mass is 203 g/mol. The van der Waals surface area contributed by atoms with Gasteiger partial charge in [0.15, 0.2) is 5.82 Å². The van der Waals surface area contributed by atoms with Crippen molar-refractivity contribution in [2.24, 2.45) is 0 Å². The molecule has 0 saturated carbocycles. The molecule has 0 fully saturated rings. The highest BCUT2D eigenvalue weighted by Gasteiger charge is 2.03. The van der Waals surface area contributed by atoms with Crippen LogP contribution in [0.4, 0.5) is 5.82 Å². The summed E-state index contributed by atoms with van der Waals surface area (Å²) in [6, 6.07) is 1.86. The number of nitrogens with zero attached hydrogens (tertiary/aromatic N) is 4. The van der Waals surface area contributed by atoms with Gasteiger partial charge in [-0.25, -0.2) is 14.6 Å². The topological polar surface area (TPSA) is 55.6 Å². The fourth-order valence-corrected chi connectivity index (χ4v) is 1.34. The maximum absolute atomic E-state index is 4.31. The lowest BCUT2D eigenvalue weighted by Crippen LogP contribution is -2.03. The van der Waals surface area contributed by atoms with Crippen LogP contribution in [-0.4, -0.2) is 26.8 Å². The summed E-state index contributed by atoms with van der Waals surface area (Å²) >= 11 is 0. The lowest BCUT2D eigenvalue weighted by Gasteiger charge is -2.04. The van der Waals surface area contributed by atoms with Crippen LogP contribution in [0.15, 0.2) is 18.5 Å². The molecule has 0 amide bonds. The van der Waals surface area contributed by atoms with Crippen molar-refractivity contribution >= 4 is 5.82 Å². The standard InChI is InChI=1S/C10H13N5/c1-7-5-12-15(6-7)10-4-9(11-3)13-8(2)14-10/h4-6H,1-3H3,(H,11,13,14). The third-order valence-electron chi connectivity index (χ3n) is 2.03. The van der Waals surface area contributed by atoms with E-state index in [0.717, 1.165) is 23.0 Å². The van der Waals surface area contributed by atoms with Crippen LogP contribution in [-0.2, 0) is 0 Å². The summed E-state index contributed by atoms with van der Waals surface area (Å²) in [5.74, 6) is 2.30. The van der Waals surface area contributed by atoms with Crippen LogP contribution >= 0.6 is 0 Å². The molecule has 5 nitrogen and oxygen atoms in total. The number of aromatic nitrogens is 4. The minimum Gasteiger partial charge on any atom is -0.373 e. The van der Waals surface area contributed by atoms with E-state index >= 15 is 0 Å². The Morgan fingerprint density at radius 2 is 2.07 bits per heavy atom. The van der Waals surface area contributed by atoms with Gasteiger partial charge in [0.2, 0.25) is 0 Å². The Bertz CT molecular complexity index is 474. The van der Waals surface area contributed by atoms with Gasteiger partial charge in [0, 0.05) is 19.3 Å². The van der Waals surface area contributed by atoms with Crippen molar-refractivity contribution in [2.75, 3.05) is 12.4 Å². The first-order valence-corrected chi connectivity index (χ1v) is 4.74. The predicted molar refractivity (Wildman–Crippen MR) is 58.2 cm³/mol. The van der Waals surface area contributed by atoms with Gasteiger partial charge in [0.25, 0.3) is 0 Å². The van der Waals surface area contributed by atoms with E-state index in [9.17, 15) is 0 Å². The van der Waals surface area contributed by atoms with Gasteiger partial charge >= 0.3 is 0 Å². The van der Waals surface area contributed by atoms with Crippen molar-refractivity contribution in [3.05, 3.63) is 29.8 Å². The fraction of sp³-hybridized carbons (Fsp3) is 0.300. The highest BCUT2D eigenvalue weighted by molar-refractivity contribution is 5.40. The lowest BCUT2D eigenvalue weighted by atomic mass is 10.4. The second kappa shape index (κ2) is 3.68. The number of nitrogens with one attached hydrogen (secondary N) is 1. The van der Waals surface area contributed by atoms with E-state index in [1.54, 1.807) is 10.9 Å². The van der Waals surface area contributed by atoms with Crippen LogP contribution < -0.4 is 5.32 Å². The molecule has 2 aromatic rings. The molecule has 1 N–H and O–H groups in total. The minimum absolute atomic E-state index is 0.727. The molecule has 0 unspecified atom stereocenters. The number of aryl methyl sites for hydroxylation is 2. The SMILES string of the molecule is CNc1cc(-n2cc(C)cn2)nc(C)n1. The van der Waals surface area contributed by atoms with Crippen LogP contribution in [0.5, 0.6) is 0 Å². The molecule has 0 radical (unpaired) electrons. The third kappa shape index (κ3) is 1.96. The van der Waals surface area contributed by atoms with E-state index < -0.39 is 0 Å². The molecular weight excluding hydrogens is 190 g/mol. The van der Waals surface area contributed by atoms with Gasteiger partial charge in [-0.1, -0.05) is 0 Å². The molecule has 15 heavy (non-hydrogen) atoms. The van der Waals surface area contributed by atoms with Crippen LogP contribution in [0.2, 0.25) is 0 Å². The number of hydrogen-bond acceptors (Lipinski definition) is 4. The molecule has 78 valence electrons. The summed E-state index contributed by atoms with van der Waals surface area (Å²) < 4.78 is 1.74. The average molecular weight is 203 g/mol. The Kier molecular flexibility index (Phi) is 2.37. The van der Waals surface area contributed by atoms with Gasteiger partial charge in [-0.3, -0.25) is 0 Å². The summed E-state index contributed by atoms with van der Waals surface area (Å²) in [4.78, 5) is 8.54. The van der Waals surface area contributed by atoms with Gasteiger partial charge in [-0.15, -0.1) is 0 Å². The lowest BCUT2D eigenvalue weighted by molar-refractivity contribution is 0.829. The number of hydrogen-bond donors (Lipinski definition) is 1. The first kappa shape index (κ1) is 9.64. The Balaban J connectivity index is 2.48. The maximum atomic E-state index is 4.31. The van der Waals surface area contributed by atoms with Crippen LogP contribution in [0.1, 0.15) is 11.4 Å². The van der Waals surface area contributed by atoms with Gasteiger partial charge < -0.3 is 5.32 Å². The largest absolute Gasteiger partial charge is 0.373 e. The zero-order chi connectivity index (χ0) is 10.8. The average Bonchev–Trinajstić information content (AvgIpc) is 2.64. The molecule has 2 heterocycles. The van der Waals surface area contributed by atoms with Crippen molar-refractivity contribution in [3.63, 3.8) is 0 Å². The first-order chi connectivity index (χ1) is 7.19. The molecule has 0 aliphatic carbocycles. The summed E-state index contributed by atoms with van der Waals surface area (Å²) in [6.45, 7) is 3.86. The molecule has 0 bridgehead atoms. The summed E-state index contributed by atoms with van der Waals surface area (Å²) in [5.41, 5.74) is 1.11. The van der Waals surface area contributed by atoms with Crippen molar-refractivity contribution in [3.8, 4) is 5.82 Å². The molecular formula is C10H13N5. The van der Waals surface area contributed by atoms with E-state index in [-0.39, 0.29) is 0 Å². The Hall–Kier alpha value is -1.91. The van der Waals surface area contributed by atoms with Crippen LogP contribution in [0, 0.1) is 13.8 Å². The smallest absolute Gasteiger partial charge is 0.159 e. The van der Waals surface area contributed by atoms with Crippen molar-refractivity contribution < 1.29 is 0 Å². The van der Waals surface area contributed by atoms with Gasteiger partial charge in [-0.05, 0) is 19.4 Å². The van der Waals surface area contributed by atoms with E-state index in [1.807, 2.05) is 33.2 Å². The second-order valence-electron chi connectivity index (χ2n) is 3.37. The molecule has 5 heteroatoms. The zero-order valence-electron chi connectivity index (χ0n) is 9.02. The second-order valence-corrected chi connectivity index (χ2v) is 3.37. The van der Waals surface area contributed by atoms with Gasteiger partial charge in [0.1, 0.15) is 11.6 Å². The minimum atomic E-state index is 0.727. The van der Waals surface area contributed by atoms with E-state index in [0.29, 0.717) is 0 Å². The van der Waals surface area contributed by atoms with E-state index in [2.05, 4.69) is 20.4 Å². The summed E-state index contributed by atoms with van der Waals surface area (Å²) in [7, 11) is 1.83. The molecule has 0 spiro atoms. The molecule has 2 rings (SSSR count). The molecule has 0 aliphatic heterocycles. The molecule has 2 aromatic heterocycles. The number of rotatable bonds is 2. The van der Waals surface area contributed by atoms with Crippen molar-refractivity contribution in [1.29, 1.82) is 0 Å². The first-order valence-electron chi connectivity index (χ1n) is 4.74. The Morgan fingerprint density at radius 1 is 1.27 bits per heavy atom.